The minimum Gasteiger partial charge on any atom is -0.393 e. The number of benzene rings is 1. The fraction of sp³-hybridized carbons (Fsp3) is 0.375. The molecule has 5 nitrogen and oxygen atoms in total. The Morgan fingerprint density at radius 2 is 1.86 bits per heavy atom. The molecule has 22 heavy (non-hydrogen) atoms. The Bertz CT molecular complexity index is 694. The second-order valence-electron chi connectivity index (χ2n) is 5.57. The average molecular weight is 320 g/mol. The van der Waals surface area contributed by atoms with Crippen LogP contribution in [0.4, 0.5) is 5.69 Å². The minimum atomic E-state index is -0.339. The van der Waals surface area contributed by atoms with E-state index in [0.717, 1.165) is 25.7 Å². The molecule has 0 radical (unpaired) electrons. The first-order chi connectivity index (χ1) is 10.6. The molecular formula is C16H18ClN3O2. The summed E-state index contributed by atoms with van der Waals surface area (Å²) < 4.78 is 1.29. The Kier molecular flexibility index (Phi) is 4.45. The molecule has 1 heterocycles. The predicted molar refractivity (Wildman–Crippen MR) is 86.7 cm³/mol. The van der Waals surface area contributed by atoms with Gasteiger partial charge in [-0.15, -0.1) is 0 Å². The molecule has 1 aliphatic carbocycles. The highest BCUT2D eigenvalue weighted by Crippen LogP contribution is 2.24. The van der Waals surface area contributed by atoms with E-state index >= 15 is 0 Å². The number of halogens is 1. The average Bonchev–Trinajstić information content (AvgIpc) is 2.55. The third kappa shape index (κ3) is 3.15. The van der Waals surface area contributed by atoms with E-state index in [4.69, 9.17) is 11.6 Å². The van der Waals surface area contributed by atoms with E-state index in [0.29, 0.717) is 11.4 Å². The monoisotopic (exact) mass is 319 g/mol. The summed E-state index contributed by atoms with van der Waals surface area (Å²) in [5.74, 6) is 0. The molecule has 2 N–H and O–H groups in total. The van der Waals surface area contributed by atoms with Crippen molar-refractivity contribution >= 4 is 17.3 Å². The molecule has 2 aromatic rings. The Labute approximate surface area is 133 Å². The van der Waals surface area contributed by atoms with Crippen LogP contribution in [-0.4, -0.2) is 27.0 Å². The van der Waals surface area contributed by atoms with Gasteiger partial charge in [0.05, 0.1) is 23.7 Å². The van der Waals surface area contributed by atoms with Gasteiger partial charge in [0, 0.05) is 6.04 Å². The molecule has 116 valence electrons. The zero-order valence-electron chi connectivity index (χ0n) is 12.1. The molecule has 1 aromatic carbocycles. The Balaban J connectivity index is 1.83. The van der Waals surface area contributed by atoms with Crippen LogP contribution in [0.3, 0.4) is 0 Å². The van der Waals surface area contributed by atoms with Gasteiger partial charge < -0.3 is 10.4 Å². The van der Waals surface area contributed by atoms with Gasteiger partial charge in [-0.3, -0.25) is 4.79 Å². The fourth-order valence-electron chi connectivity index (χ4n) is 2.73. The van der Waals surface area contributed by atoms with Gasteiger partial charge >= 0.3 is 0 Å². The summed E-state index contributed by atoms with van der Waals surface area (Å²) in [5, 5.41) is 17.1. The van der Waals surface area contributed by atoms with Crippen LogP contribution in [-0.2, 0) is 0 Å². The number of aliphatic hydroxyl groups excluding tert-OH is 1. The van der Waals surface area contributed by atoms with Gasteiger partial charge in [0.1, 0.15) is 5.02 Å². The number of aromatic nitrogens is 2. The minimum absolute atomic E-state index is 0.143. The number of nitrogens with one attached hydrogen (secondary N) is 1. The lowest BCUT2D eigenvalue weighted by molar-refractivity contribution is 0.126. The first-order valence-corrected chi connectivity index (χ1v) is 7.81. The molecule has 0 atom stereocenters. The topological polar surface area (TPSA) is 67.2 Å². The van der Waals surface area contributed by atoms with Crippen molar-refractivity contribution in [3.8, 4) is 5.69 Å². The molecule has 0 bridgehead atoms. The van der Waals surface area contributed by atoms with E-state index in [1.165, 1.54) is 4.68 Å². The molecule has 0 unspecified atom stereocenters. The van der Waals surface area contributed by atoms with Crippen LogP contribution in [0.2, 0.25) is 5.02 Å². The normalized spacial score (nSPS) is 21.5. The van der Waals surface area contributed by atoms with E-state index in [1.807, 2.05) is 18.2 Å². The summed E-state index contributed by atoms with van der Waals surface area (Å²) in [6.07, 6.45) is 4.63. The van der Waals surface area contributed by atoms with Gasteiger partial charge in [0.15, 0.2) is 0 Å². The third-order valence-corrected chi connectivity index (χ3v) is 4.34. The number of aliphatic hydroxyl groups is 1. The van der Waals surface area contributed by atoms with Crippen molar-refractivity contribution in [3.63, 3.8) is 0 Å². The second kappa shape index (κ2) is 6.50. The van der Waals surface area contributed by atoms with Gasteiger partial charge in [-0.05, 0) is 37.8 Å². The Morgan fingerprint density at radius 1 is 1.18 bits per heavy atom. The van der Waals surface area contributed by atoms with E-state index < -0.39 is 0 Å². The maximum Gasteiger partial charge on any atom is 0.292 e. The molecule has 1 fully saturated rings. The van der Waals surface area contributed by atoms with Gasteiger partial charge in [-0.1, -0.05) is 29.8 Å². The van der Waals surface area contributed by atoms with Gasteiger partial charge in [-0.25, -0.2) is 0 Å². The summed E-state index contributed by atoms with van der Waals surface area (Å²) >= 11 is 6.21. The number of hydrogen-bond acceptors (Lipinski definition) is 4. The summed E-state index contributed by atoms with van der Waals surface area (Å²) in [6.45, 7) is 0. The zero-order chi connectivity index (χ0) is 15.5. The molecule has 1 aromatic heterocycles. The molecule has 0 spiro atoms. The smallest absolute Gasteiger partial charge is 0.292 e. The largest absolute Gasteiger partial charge is 0.393 e. The number of rotatable bonds is 3. The standard InChI is InChI=1S/C16H18ClN3O2/c17-15-14(19-11-6-8-13(21)9-7-11)10-18-20(16(15)22)12-4-2-1-3-5-12/h1-5,10-11,13,19,21H,6-9H2. The molecule has 1 saturated carbocycles. The van der Waals surface area contributed by atoms with Crippen LogP contribution >= 0.6 is 11.6 Å². The van der Waals surface area contributed by atoms with Crippen molar-refractivity contribution in [3.05, 3.63) is 51.9 Å². The molecule has 0 aliphatic heterocycles. The van der Waals surface area contributed by atoms with E-state index in [2.05, 4.69) is 10.4 Å². The lowest BCUT2D eigenvalue weighted by Gasteiger charge is -2.27. The van der Waals surface area contributed by atoms with Gasteiger partial charge in [0.25, 0.3) is 5.56 Å². The maximum absolute atomic E-state index is 12.4. The summed E-state index contributed by atoms with van der Waals surface area (Å²) in [4.78, 5) is 12.4. The molecular weight excluding hydrogens is 302 g/mol. The van der Waals surface area contributed by atoms with Crippen molar-refractivity contribution < 1.29 is 5.11 Å². The lowest BCUT2D eigenvalue weighted by atomic mass is 9.93. The molecule has 0 amide bonds. The van der Waals surface area contributed by atoms with Crippen molar-refractivity contribution in [2.75, 3.05) is 5.32 Å². The van der Waals surface area contributed by atoms with E-state index in [9.17, 15) is 9.90 Å². The second-order valence-corrected chi connectivity index (χ2v) is 5.95. The highest BCUT2D eigenvalue weighted by Gasteiger charge is 2.21. The predicted octanol–water partition coefficient (Wildman–Crippen LogP) is 2.60. The molecule has 6 heteroatoms. The highest BCUT2D eigenvalue weighted by atomic mass is 35.5. The van der Waals surface area contributed by atoms with Gasteiger partial charge in [-0.2, -0.15) is 9.78 Å². The van der Waals surface area contributed by atoms with Crippen molar-refractivity contribution in [1.29, 1.82) is 0 Å². The number of hydrogen-bond donors (Lipinski definition) is 2. The third-order valence-electron chi connectivity index (χ3n) is 3.98. The van der Waals surface area contributed by atoms with Crippen LogP contribution in [0.5, 0.6) is 0 Å². The Hall–Kier alpha value is -1.85. The molecule has 3 rings (SSSR count). The van der Waals surface area contributed by atoms with Crippen LogP contribution in [0.1, 0.15) is 25.7 Å². The van der Waals surface area contributed by atoms with E-state index in [-0.39, 0.29) is 22.7 Å². The number of para-hydroxylation sites is 1. The maximum atomic E-state index is 12.4. The first-order valence-electron chi connectivity index (χ1n) is 7.43. The Morgan fingerprint density at radius 3 is 2.55 bits per heavy atom. The van der Waals surface area contributed by atoms with Crippen molar-refractivity contribution in [2.24, 2.45) is 0 Å². The van der Waals surface area contributed by atoms with Crippen LogP contribution in [0.15, 0.2) is 41.3 Å². The molecule has 1 aliphatic rings. The van der Waals surface area contributed by atoms with Crippen LogP contribution in [0, 0.1) is 0 Å². The first kappa shape index (κ1) is 15.1. The van der Waals surface area contributed by atoms with Crippen LogP contribution < -0.4 is 10.9 Å². The zero-order valence-corrected chi connectivity index (χ0v) is 12.8. The SMILES string of the molecule is O=c1c(Cl)c(NC2CCC(O)CC2)cnn1-c1ccccc1. The molecule has 0 saturated heterocycles. The van der Waals surface area contributed by atoms with Crippen LogP contribution in [0.25, 0.3) is 5.69 Å². The fourth-order valence-corrected chi connectivity index (χ4v) is 2.91. The number of nitrogens with zero attached hydrogens (tertiary/aromatic N) is 2. The lowest BCUT2D eigenvalue weighted by Crippen LogP contribution is -2.30. The summed E-state index contributed by atoms with van der Waals surface area (Å²) in [6, 6.07) is 9.40. The van der Waals surface area contributed by atoms with E-state index in [1.54, 1.807) is 18.3 Å². The van der Waals surface area contributed by atoms with Crippen molar-refractivity contribution in [1.82, 2.24) is 9.78 Å². The quantitative estimate of drug-likeness (QED) is 0.912. The van der Waals surface area contributed by atoms with Gasteiger partial charge in [0.2, 0.25) is 0 Å². The highest BCUT2D eigenvalue weighted by molar-refractivity contribution is 6.32. The number of anilines is 1. The summed E-state index contributed by atoms with van der Waals surface area (Å²) in [5.41, 5.74) is 0.899. The summed E-state index contributed by atoms with van der Waals surface area (Å²) in [7, 11) is 0. The van der Waals surface area contributed by atoms with Crippen molar-refractivity contribution in [2.45, 2.75) is 37.8 Å².